The number of carbonyl (C=O) groups excluding carboxylic acids is 1. The van der Waals surface area contributed by atoms with Crippen LogP contribution in [0.15, 0.2) is 24.3 Å². The monoisotopic (exact) mass is 308 g/mol. The summed E-state index contributed by atoms with van der Waals surface area (Å²) in [4.78, 5) is 17.0. The molecule has 3 nitrogen and oxygen atoms in total. The van der Waals surface area contributed by atoms with Gasteiger partial charge in [-0.1, -0.05) is 31.5 Å². The zero-order chi connectivity index (χ0) is 15.4. The maximum Gasteiger partial charge on any atom is 0.253 e. The van der Waals surface area contributed by atoms with Crippen LogP contribution in [-0.2, 0) is 0 Å². The first-order valence-corrected chi connectivity index (χ1v) is 8.12. The first kappa shape index (κ1) is 16.3. The second-order valence-corrected chi connectivity index (χ2v) is 6.68. The summed E-state index contributed by atoms with van der Waals surface area (Å²) >= 11 is 5.99. The molecule has 2 rings (SSSR count). The SMILES string of the molecule is CC(C)C(CN1CCCC1)N(C)C(=O)c1cccc(Cl)c1. The number of rotatable bonds is 5. The Morgan fingerprint density at radius 3 is 2.57 bits per heavy atom. The zero-order valence-corrected chi connectivity index (χ0v) is 13.9. The third-order valence-electron chi connectivity index (χ3n) is 4.30. The van der Waals surface area contributed by atoms with Crippen molar-refractivity contribution in [2.24, 2.45) is 5.92 Å². The summed E-state index contributed by atoms with van der Waals surface area (Å²) in [5.41, 5.74) is 0.664. The molecule has 1 fully saturated rings. The van der Waals surface area contributed by atoms with Crippen molar-refractivity contribution in [1.82, 2.24) is 9.80 Å². The number of amides is 1. The molecule has 0 radical (unpaired) electrons. The zero-order valence-electron chi connectivity index (χ0n) is 13.2. The number of halogens is 1. The van der Waals surface area contributed by atoms with E-state index in [1.165, 1.54) is 12.8 Å². The Bertz CT molecular complexity index is 483. The third-order valence-corrected chi connectivity index (χ3v) is 4.54. The van der Waals surface area contributed by atoms with Crippen LogP contribution in [0.25, 0.3) is 0 Å². The normalized spacial score (nSPS) is 17.2. The van der Waals surface area contributed by atoms with Crippen LogP contribution in [0.1, 0.15) is 37.0 Å². The Kier molecular flexibility index (Phi) is 5.65. The molecule has 0 aromatic heterocycles. The molecular formula is C17H25ClN2O. The summed E-state index contributed by atoms with van der Waals surface area (Å²) in [5, 5.41) is 0.606. The molecule has 1 amide bonds. The molecule has 1 aromatic carbocycles. The van der Waals surface area contributed by atoms with Crippen molar-refractivity contribution in [3.05, 3.63) is 34.9 Å². The fourth-order valence-electron chi connectivity index (χ4n) is 2.99. The van der Waals surface area contributed by atoms with Crippen LogP contribution < -0.4 is 0 Å². The topological polar surface area (TPSA) is 23.6 Å². The number of nitrogens with zero attached hydrogens (tertiary/aromatic N) is 2. The lowest BCUT2D eigenvalue weighted by atomic mass is 10.0. The van der Waals surface area contributed by atoms with Crippen LogP contribution in [0.2, 0.25) is 5.02 Å². The van der Waals surface area contributed by atoms with Gasteiger partial charge in [-0.2, -0.15) is 0 Å². The lowest BCUT2D eigenvalue weighted by molar-refractivity contribution is 0.0641. The molecule has 0 saturated carbocycles. The van der Waals surface area contributed by atoms with E-state index in [1.807, 2.05) is 24.1 Å². The van der Waals surface area contributed by atoms with Crippen molar-refractivity contribution < 1.29 is 4.79 Å². The van der Waals surface area contributed by atoms with E-state index in [9.17, 15) is 4.79 Å². The molecule has 1 aliphatic rings. The first-order chi connectivity index (χ1) is 9.99. The van der Waals surface area contributed by atoms with Crippen LogP contribution in [0.4, 0.5) is 0 Å². The number of likely N-dealkylation sites (N-methyl/N-ethyl adjacent to an activating group) is 1. The van der Waals surface area contributed by atoms with Gasteiger partial charge in [-0.25, -0.2) is 0 Å². The fraction of sp³-hybridized carbons (Fsp3) is 0.588. The van der Waals surface area contributed by atoms with Crippen molar-refractivity contribution in [2.45, 2.75) is 32.7 Å². The molecule has 1 saturated heterocycles. The third kappa shape index (κ3) is 4.21. The lowest BCUT2D eigenvalue weighted by Gasteiger charge is -2.34. The summed E-state index contributed by atoms with van der Waals surface area (Å²) in [6, 6.07) is 7.43. The molecule has 1 aliphatic heterocycles. The lowest BCUT2D eigenvalue weighted by Crippen LogP contribution is -2.47. The Labute approximate surface area is 132 Å². The second-order valence-electron chi connectivity index (χ2n) is 6.25. The van der Waals surface area contributed by atoms with Gasteiger partial charge in [-0.05, 0) is 50.0 Å². The molecule has 0 bridgehead atoms. The highest BCUT2D eigenvalue weighted by molar-refractivity contribution is 6.30. The van der Waals surface area contributed by atoms with Gasteiger partial charge >= 0.3 is 0 Å². The van der Waals surface area contributed by atoms with E-state index in [0.29, 0.717) is 16.5 Å². The van der Waals surface area contributed by atoms with Gasteiger partial charge < -0.3 is 9.80 Å². The summed E-state index contributed by atoms with van der Waals surface area (Å²) < 4.78 is 0. The van der Waals surface area contributed by atoms with Gasteiger partial charge in [0.05, 0.1) is 0 Å². The van der Waals surface area contributed by atoms with Crippen molar-refractivity contribution >= 4 is 17.5 Å². The van der Waals surface area contributed by atoms with Gasteiger partial charge in [-0.3, -0.25) is 4.79 Å². The summed E-state index contributed by atoms with van der Waals surface area (Å²) in [5.74, 6) is 0.481. The number of carbonyl (C=O) groups is 1. The minimum absolute atomic E-state index is 0.0513. The molecule has 0 aliphatic carbocycles. The molecule has 1 aromatic rings. The highest BCUT2D eigenvalue weighted by Crippen LogP contribution is 2.19. The van der Waals surface area contributed by atoms with Crippen molar-refractivity contribution in [2.75, 3.05) is 26.7 Å². The van der Waals surface area contributed by atoms with Crippen LogP contribution in [-0.4, -0.2) is 48.4 Å². The maximum absolute atomic E-state index is 12.7. The molecule has 21 heavy (non-hydrogen) atoms. The average Bonchev–Trinajstić information content (AvgIpc) is 2.96. The van der Waals surface area contributed by atoms with E-state index in [1.54, 1.807) is 12.1 Å². The highest BCUT2D eigenvalue weighted by atomic mass is 35.5. The van der Waals surface area contributed by atoms with E-state index in [2.05, 4.69) is 18.7 Å². The summed E-state index contributed by atoms with van der Waals surface area (Å²) in [7, 11) is 1.91. The number of benzene rings is 1. The minimum Gasteiger partial charge on any atom is -0.337 e. The maximum atomic E-state index is 12.7. The Hall–Kier alpha value is -1.06. The standard InChI is InChI=1S/C17H25ClN2O/c1-13(2)16(12-20-9-4-5-10-20)19(3)17(21)14-7-6-8-15(18)11-14/h6-8,11,13,16H,4-5,9-10,12H2,1-3H3. The summed E-state index contributed by atoms with van der Waals surface area (Å²) in [6.45, 7) is 7.64. The fourth-order valence-corrected chi connectivity index (χ4v) is 3.18. The van der Waals surface area contributed by atoms with Crippen LogP contribution in [0.5, 0.6) is 0 Å². The van der Waals surface area contributed by atoms with Crippen molar-refractivity contribution in [3.8, 4) is 0 Å². The predicted octanol–water partition coefficient (Wildman–Crippen LogP) is 3.53. The van der Waals surface area contributed by atoms with Crippen LogP contribution in [0.3, 0.4) is 0 Å². The molecule has 1 heterocycles. The number of hydrogen-bond acceptors (Lipinski definition) is 2. The van der Waals surface area contributed by atoms with E-state index in [0.717, 1.165) is 19.6 Å². The van der Waals surface area contributed by atoms with E-state index >= 15 is 0 Å². The Balaban J connectivity index is 2.09. The molecule has 0 spiro atoms. The van der Waals surface area contributed by atoms with Gasteiger partial charge in [0, 0.05) is 30.2 Å². The molecule has 1 unspecified atom stereocenters. The highest BCUT2D eigenvalue weighted by Gasteiger charge is 2.27. The molecular weight excluding hydrogens is 284 g/mol. The van der Waals surface area contributed by atoms with E-state index < -0.39 is 0 Å². The van der Waals surface area contributed by atoms with Gasteiger partial charge in [0.15, 0.2) is 0 Å². The number of hydrogen-bond donors (Lipinski definition) is 0. The Morgan fingerprint density at radius 2 is 2.00 bits per heavy atom. The smallest absolute Gasteiger partial charge is 0.253 e. The van der Waals surface area contributed by atoms with Crippen LogP contribution >= 0.6 is 11.6 Å². The average molecular weight is 309 g/mol. The molecule has 4 heteroatoms. The molecule has 0 N–H and O–H groups in total. The van der Waals surface area contributed by atoms with E-state index in [-0.39, 0.29) is 11.9 Å². The van der Waals surface area contributed by atoms with Crippen molar-refractivity contribution in [3.63, 3.8) is 0 Å². The quantitative estimate of drug-likeness (QED) is 0.831. The van der Waals surface area contributed by atoms with Gasteiger partial charge in [0.2, 0.25) is 0 Å². The molecule has 1 atom stereocenters. The second kappa shape index (κ2) is 7.28. The number of likely N-dealkylation sites (tertiary alicyclic amines) is 1. The Morgan fingerprint density at radius 1 is 1.33 bits per heavy atom. The van der Waals surface area contributed by atoms with Gasteiger partial charge in [0.25, 0.3) is 5.91 Å². The van der Waals surface area contributed by atoms with Crippen LogP contribution in [0, 0.1) is 5.92 Å². The summed E-state index contributed by atoms with van der Waals surface area (Å²) in [6.07, 6.45) is 2.55. The van der Waals surface area contributed by atoms with Gasteiger partial charge in [0.1, 0.15) is 0 Å². The predicted molar refractivity (Wildman–Crippen MR) is 87.8 cm³/mol. The first-order valence-electron chi connectivity index (χ1n) is 7.74. The largest absolute Gasteiger partial charge is 0.337 e. The molecule has 116 valence electrons. The van der Waals surface area contributed by atoms with Crippen molar-refractivity contribution in [1.29, 1.82) is 0 Å². The minimum atomic E-state index is 0.0513. The van der Waals surface area contributed by atoms with E-state index in [4.69, 9.17) is 11.6 Å². The van der Waals surface area contributed by atoms with Gasteiger partial charge in [-0.15, -0.1) is 0 Å².